The van der Waals surface area contributed by atoms with E-state index in [9.17, 15) is 9.59 Å². The third kappa shape index (κ3) is 2.76. The number of ketones is 1. The molecule has 2 N–H and O–H groups in total. The van der Waals surface area contributed by atoms with E-state index in [4.69, 9.17) is 10.5 Å². The lowest BCUT2D eigenvalue weighted by Gasteiger charge is -2.09. The molecule has 3 rings (SSSR count). The molecule has 0 radical (unpaired) electrons. The summed E-state index contributed by atoms with van der Waals surface area (Å²) in [5, 5.41) is 5.25. The van der Waals surface area contributed by atoms with Crippen molar-refractivity contribution in [3.63, 3.8) is 0 Å². The Morgan fingerprint density at radius 3 is 2.92 bits per heavy atom. The van der Waals surface area contributed by atoms with Gasteiger partial charge in [-0.15, -0.1) is 0 Å². The number of hydrogen-bond donors (Lipinski definition) is 1. The van der Waals surface area contributed by atoms with E-state index in [1.54, 1.807) is 18.2 Å². The molecule has 24 heavy (non-hydrogen) atoms. The highest BCUT2D eigenvalue weighted by atomic mass is 32.1. The number of hydrogen-bond acceptors (Lipinski definition) is 7. The molecule has 2 aromatic heterocycles. The summed E-state index contributed by atoms with van der Waals surface area (Å²) in [4.78, 5) is 29.0. The first-order valence-electron chi connectivity index (χ1n) is 7.42. The van der Waals surface area contributed by atoms with E-state index in [0.717, 1.165) is 17.8 Å². The van der Waals surface area contributed by atoms with Crippen LogP contribution < -0.4 is 11.3 Å². The van der Waals surface area contributed by atoms with E-state index in [1.807, 2.05) is 6.92 Å². The van der Waals surface area contributed by atoms with Crippen LogP contribution in [-0.4, -0.2) is 27.5 Å². The number of allylic oxidation sites excluding steroid dienone is 4. The molecule has 0 aliphatic heterocycles. The number of fused-ring (bicyclic) bond motifs is 1. The normalized spacial score (nSPS) is 16.0. The Morgan fingerprint density at radius 2 is 2.21 bits per heavy atom. The standard InChI is InChI=1S/C16H16N4O3S/c1-3-5-12-19-20-14(17)10(15(22)18-16(20)24-12)8-9-6-4-7-11(23-2)13(9)21/h4,6-8H,3,5,17H2,1-2H3. The second kappa shape index (κ2) is 6.40. The fraction of sp³-hybridized carbons (Fsp3) is 0.250. The molecule has 0 spiro atoms. The van der Waals surface area contributed by atoms with Gasteiger partial charge in [0.2, 0.25) is 10.7 Å². The fourth-order valence-electron chi connectivity index (χ4n) is 2.33. The summed E-state index contributed by atoms with van der Waals surface area (Å²) in [6, 6.07) is 0. The maximum absolute atomic E-state index is 12.3. The number of aryl methyl sites for hydroxylation is 1. The highest BCUT2D eigenvalue weighted by molar-refractivity contribution is 7.16. The maximum atomic E-state index is 12.3. The summed E-state index contributed by atoms with van der Waals surface area (Å²) in [5.74, 6) is 0.0648. The topological polar surface area (TPSA) is 99.6 Å². The zero-order chi connectivity index (χ0) is 17.3. The van der Waals surface area contributed by atoms with Gasteiger partial charge in [-0.05, 0) is 18.6 Å². The number of Topliss-reactive ketones (excluding diaryl/α,β-unsaturated/α-hetero) is 1. The van der Waals surface area contributed by atoms with Gasteiger partial charge in [-0.25, -0.2) is 0 Å². The van der Waals surface area contributed by atoms with Gasteiger partial charge in [0.1, 0.15) is 10.8 Å². The van der Waals surface area contributed by atoms with Crippen LogP contribution in [0.2, 0.25) is 0 Å². The van der Waals surface area contributed by atoms with Crippen molar-refractivity contribution in [3.05, 3.63) is 50.5 Å². The average molecular weight is 344 g/mol. The minimum atomic E-state index is -0.485. The number of rotatable bonds is 4. The molecule has 0 unspecified atom stereocenters. The van der Waals surface area contributed by atoms with Gasteiger partial charge < -0.3 is 10.5 Å². The van der Waals surface area contributed by atoms with Crippen LogP contribution in [0.25, 0.3) is 11.0 Å². The average Bonchev–Trinajstić information content (AvgIpc) is 2.96. The molecular weight excluding hydrogens is 328 g/mol. The number of anilines is 1. The second-order valence-corrected chi connectivity index (χ2v) is 6.22. The van der Waals surface area contributed by atoms with Gasteiger partial charge >= 0.3 is 0 Å². The summed E-state index contributed by atoms with van der Waals surface area (Å²) in [7, 11) is 1.42. The van der Waals surface area contributed by atoms with Crippen LogP contribution >= 0.6 is 11.3 Å². The number of ether oxygens (including phenoxy) is 1. The van der Waals surface area contributed by atoms with Gasteiger partial charge in [-0.2, -0.15) is 14.6 Å². The monoisotopic (exact) mass is 344 g/mol. The van der Waals surface area contributed by atoms with E-state index in [0.29, 0.717) is 10.5 Å². The number of nitrogens with two attached hydrogens (primary N) is 1. The summed E-state index contributed by atoms with van der Waals surface area (Å²) < 4.78 is 6.46. The van der Waals surface area contributed by atoms with Gasteiger partial charge in [0.05, 0.1) is 12.7 Å². The Bertz CT molecular complexity index is 966. The van der Waals surface area contributed by atoms with Gasteiger partial charge in [0.15, 0.2) is 5.76 Å². The van der Waals surface area contributed by atoms with Gasteiger partial charge in [0.25, 0.3) is 5.56 Å². The molecule has 0 atom stereocenters. The molecule has 2 aromatic rings. The Labute approximate surface area is 141 Å². The van der Waals surface area contributed by atoms with Crippen molar-refractivity contribution in [1.82, 2.24) is 14.6 Å². The Hall–Kier alpha value is -2.74. The van der Waals surface area contributed by atoms with Crippen LogP contribution in [0.4, 0.5) is 5.82 Å². The lowest BCUT2D eigenvalue weighted by molar-refractivity contribution is -0.114. The third-order valence-corrected chi connectivity index (χ3v) is 4.49. The molecule has 0 aromatic carbocycles. The Morgan fingerprint density at radius 1 is 1.42 bits per heavy atom. The van der Waals surface area contributed by atoms with Crippen molar-refractivity contribution in [2.24, 2.45) is 0 Å². The zero-order valence-corrected chi connectivity index (χ0v) is 14.1. The predicted octanol–water partition coefficient (Wildman–Crippen LogP) is 1.74. The smallest absolute Gasteiger partial charge is 0.283 e. The number of nitrogen functional groups attached to an aromatic ring is 1. The van der Waals surface area contributed by atoms with Crippen LogP contribution in [0.15, 0.2) is 34.4 Å². The van der Waals surface area contributed by atoms with Crippen molar-refractivity contribution < 1.29 is 9.53 Å². The largest absolute Gasteiger partial charge is 0.493 e. The van der Waals surface area contributed by atoms with Gasteiger partial charge in [0, 0.05) is 12.0 Å². The first-order valence-corrected chi connectivity index (χ1v) is 8.23. The molecule has 0 bridgehead atoms. The SMILES string of the molecule is CCCc1nn2c(N)c(C=C3C=CC=C(OC)C3=O)c(=O)nc2s1. The molecule has 0 saturated heterocycles. The zero-order valence-electron chi connectivity index (χ0n) is 13.3. The molecule has 8 heteroatoms. The molecule has 2 heterocycles. The van der Waals surface area contributed by atoms with Crippen LogP contribution in [0, 0.1) is 0 Å². The fourth-order valence-corrected chi connectivity index (χ4v) is 3.33. The first-order chi connectivity index (χ1) is 11.5. The van der Waals surface area contributed by atoms with Gasteiger partial charge in [-0.1, -0.05) is 30.4 Å². The molecule has 1 aliphatic carbocycles. The molecule has 1 aliphatic rings. The minimum absolute atomic E-state index is 0.145. The minimum Gasteiger partial charge on any atom is -0.493 e. The highest BCUT2D eigenvalue weighted by Crippen LogP contribution is 2.21. The maximum Gasteiger partial charge on any atom is 0.283 e. The van der Waals surface area contributed by atoms with E-state index < -0.39 is 5.56 Å². The van der Waals surface area contributed by atoms with Crippen molar-refractivity contribution in [2.75, 3.05) is 12.8 Å². The van der Waals surface area contributed by atoms with Crippen molar-refractivity contribution in [1.29, 1.82) is 0 Å². The molecule has 124 valence electrons. The summed E-state index contributed by atoms with van der Waals surface area (Å²) in [5.41, 5.74) is 6.07. The molecular formula is C16H16N4O3S. The Balaban J connectivity index is 2.12. The number of nitrogens with zero attached hydrogens (tertiary/aromatic N) is 3. The van der Waals surface area contributed by atoms with Crippen LogP contribution in [0.1, 0.15) is 23.9 Å². The van der Waals surface area contributed by atoms with Crippen molar-refractivity contribution >= 4 is 34.0 Å². The quantitative estimate of drug-likeness (QED) is 0.848. The number of aromatic nitrogens is 3. The number of methoxy groups -OCH3 is 1. The van der Waals surface area contributed by atoms with Crippen LogP contribution in [0.5, 0.6) is 0 Å². The van der Waals surface area contributed by atoms with E-state index in [2.05, 4.69) is 10.1 Å². The lowest BCUT2D eigenvalue weighted by atomic mass is 10.0. The Kier molecular flexibility index (Phi) is 4.30. The van der Waals surface area contributed by atoms with Crippen LogP contribution in [-0.2, 0) is 16.0 Å². The third-order valence-electron chi connectivity index (χ3n) is 3.53. The van der Waals surface area contributed by atoms with E-state index >= 15 is 0 Å². The lowest BCUT2D eigenvalue weighted by Crippen LogP contribution is -2.18. The second-order valence-electron chi connectivity index (χ2n) is 5.18. The summed E-state index contributed by atoms with van der Waals surface area (Å²) in [6.07, 6.45) is 8.00. The van der Waals surface area contributed by atoms with Crippen molar-refractivity contribution in [2.45, 2.75) is 19.8 Å². The molecule has 0 amide bonds. The van der Waals surface area contributed by atoms with E-state index in [1.165, 1.54) is 29.0 Å². The summed E-state index contributed by atoms with van der Waals surface area (Å²) >= 11 is 1.34. The number of carbonyl (C=O) groups excluding carboxylic acids is 1. The van der Waals surface area contributed by atoms with Crippen molar-refractivity contribution in [3.8, 4) is 0 Å². The molecule has 7 nitrogen and oxygen atoms in total. The van der Waals surface area contributed by atoms with Gasteiger partial charge in [-0.3, -0.25) is 9.59 Å². The van der Waals surface area contributed by atoms with E-state index in [-0.39, 0.29) is 22.9 Å². The summed E-state index contributed by atoms with van der Waals surface area (Å²) in [6.45, 7) is 2.05. The first kappa shape index (κ1) is 16.1. The number of carbonyl (C=O) groups is 1. The predicted molar refractivity (Wildman–Crippen MR) is 92.8 cm³/mol. The molecule has 0 fully saturated rings. The molecule has 0 saturated carbocycles. The van der Waals surface area contributed by atoms with Crippen LogP contribution in [0.3, 0.4) is 0 Å². The highest BCUT2D eigenvalue weighted by Gasteiger charge is 2.19.